The smallest absolute Gasteiger partial charge is 0.397 e. The molecule has 0 aliphatic heterocycles. The highest BCUT2D eigenvalue weighted by molar-refractivity contribution is 9.10. The van der Waals surface area contributed by atoms with Crippen molar-refractivity contribution in [3.63, 3.8) is 0 Å². The molecule has 0 amide bonds. The van der Waals surface area contributed by atoms with Crippen molar-refractivity contribution >= 4 is 31.5 Å². The fraction of sp³-hybridized carbons (Fsp3) is 0.455. The first-order chi connectivity index (χ1) is 11.0. The second-order valence-corrected chi connectivity index (χ2v) is 9.41. The fourth-order valence-corrected chi connectivity index (χ4v) is 3.69. The molecule has 26 heavy (non-hydrogen) atoms. The second kappa shape index (κ2) is 5.29. The van der Waals surface area contributed by atoms with E-state index < -0.39 is 60.0 Å². The van der Waals surface area contributed by atoms with Crippen molar-refractivity contribution in [3.05, 3.63) is 22.2 Å². The van der Waals surface area contributed by atoms with Crippen LogP contribution in [0.25, 0.3) is 0 Å². The number of hydrogen-bond acceptors (Lipinski definition) is 1. The van der Waals surface area contributed by atoms with Crippen molar-refractivity contribution in [1.82, 2.24) is 0 Å². The Bertz CT molecular complexity index is 717. The molecule has 0 saturated carbocycles. The van der Waals surface area contributed by atoms with E-state index in [0.29, 0.717) is 0 Å². The molecule has 0 aliphatic carbocycles. The van der Waals surface area contributed by atoms with E-state index in [1.54, 1.807) is 0 Å². The van der Waals surface area contributed by atoms with Crippen LogP contribution in [0, 0.1) is 0 Å². The Morgan fingerprint density at radius 1 is 0.923 bits per heavy atom. The van der Waals surface area contributed by atoms with Crippen LogP contribution >= 0.6 is 25.8 Å². The van der Waals surface area contributed by atoms with E-state index in [1.165, 1.54) is 0 Å². The number of hydrogen-bond donors (Lipinski definition) is 1. The highest BCUT2D eigenvalue weighted by atomic mass is 79.9. The summed E-state index contributed by atoms with van der Waals surface area (Å²) in [5.74, 6) is 0. The standard InChI is InChI=1S/C11H8BrF12NS/c1-4(13)26(21,22,23,24)7-3-5(2-6(12)8(7)25)9(14,10(15,16)17)11(18,19)20/h2-4H,25H2,1H3. The van der Waals surface area contributed by atoms with Crippen LogP contribution in [-0.4, -0.2) is 17.9 Å². The van der Waals surface area contributed by atoms with E-state index >= 15 is 0 Å². The highest BCUT2D eigenvalue weighted by Crippen LogP contribution is 3.03. The minimum absolute atomic E-state index is 0.337. The van der Waals surface area contributed by atoms with E-state index in [-0.39, 0.29) is 13.0 Å². The average Bonchev–Trinajstić information content (AvgIpc) is 2.36. The van der Waals surface area contributed by atoms with E-state index in [4.69, 9.17) is 5.73 Å². The van der Waals surface area contributed by atoms with Crippen LogP contribution in [0.3, 0.4) is 0 Å². The molecule has 0 fully saturated rings. The van der Waals surface area contributed by atoms with Crippen molar-refractivity contribution in [3.8, 4) is 0 Å². The molecule has 1 aromatic rings. The van der Waals surface area contributed by atoms with Gasteiger partial charge in [-0.15, -0.1) is 15.5 Å². The lowest BCUT2D eigenvalue weighted by molar-refractivity contribution is -0.348. The number of rotatable bonds is 3. The molecule has 0 saturated heterocycles. The predicted octanol–water partition coefficient (Wildman–Crippen LogP) is 7.41. The molecular formula is C11H8BrF12NS. The van der Waals surface area contributed by atoms with E-state index in [2.05, 4.69) is 15.9 Å². The van der Waals surface area contributed by atoms with Crippen LogP contribution in [0.1, 0.15) is 12.5 Å². The van der Waals surface area contributed by atoms with Crippen LogP contribution in [0.15, 0.2) is 21.5 Å². The van der Waals surface area contributed by atoms with Crippen molar-refractivity contribution in [1.29, 1.82) is 0 Å². The van der Waals surface area contributed by atoms with E-state index in [1.807, 2.05) is 0 Å². The zero-order valence-electron chi connectivity index (χ0n) is 12.1. The Balaban J connectivity index is 4.07. The summed E-state index contributed by atoms with van der Waals surface area (Å²) in [7, 11) is -10.1. The number of alkyl halides is 8. The molecule has 0 bridgehead atoms. The molecule has 1 nitrogen and oxygen atoms in total. The van der Waals surface area contributed by atoms with Gasteiger partial charge >= 0.3 is 18.0 Å². The first-order valence-corrected chi connectivity index (χ1v) is 8.96. The molecule has 0 spiro atoms. The summed E-state index contributed by atoms with van der Waals surface area (Å²) in [5.41, 5.74) is -10.1. The first-order valence-electron chi connectivity index (χ1n) is 6.06. The average molecular weight is 494 g/mol. The van der Waals surface area contributed by atoms with Gasteiger partial charge < -0.3 is 5.73 Å². The molecule has 0 radical (unpaired) electrons. The van der Waals surface area contributed by atoms with Gasteiger partial charge in [-0.1, -0.05) is 0 Å². The van der Waals surface area contributed by atoms with Gasteiger partial charge in [0, 0.05) is 10.0 Å². The topological polar surface area (TPSA) is 26.0 Å². The van der Waals surface area contributed by atoms with Gasteiger partial charge in [0.1, 0.15) is 4.90 Å². The van der Waals surface area contributed by atoms with E-state index in [9.17, 15) is 50.7 Å². The predicted molar refractivity (Wildman–Crippen MR) is 74.3 cm³/mol. The summed E-state index contributed by atoms with van der Waals surface area (Å²) in [4.78, 5) is -2.94. The minimum Gasteiger partial charge on any atom is -0.397 e. The van der Waals surface area contributed by atoms with Gasteiger partial charge in [0.2, 0.25) is 15.3 Å². The number of halogens is 13. The minimum atomic E-state index is -10.1. The lowest BCUT2D eigenvalue weighted by Gasteiger charge is -2.51. The lowest BCUT2D eigenvalue weighted by Crippen LogP contribution is -2.50. The summed E-state index contributed by atoms with van der Waals surface area (Å²) < 4.78 is 158. The van der Waals surface area contributed by atoms with Gasteiger partial charge in [-0.3, -0.25) is 0 Å². The Kier molecular flexibility index (Phi) is 4.69. The normalized spacial score (nSPS) is 18.2. The van der Waals surface area contributed by atoms with Crippen molar-refractivity contribution < 1.29 is 50.7 Å². The quantitative estimate of drug-likeness (QED) is 0.344. The summed E-state index contributed by atoms with van der Waals surface area (Å²) >= 11 is 2.12. The molecule has 0 heterocycles. The molecule has 1 unspecified atom stereocenters. The third-order valence-electron chi connectivity index (χ3n) is 3.38. The van der Waals surface area contributed by atoms with Gasteiger partial charge in [-0.25, -0.2) is 8.78 Å². The Labute approximate surface area is 146 Å². The van der Waals surface area contributed by atoms with E-state index in [0.717, 1.165) is 0 Å². The van der Waals surface area contributed by atoms with Crippen LogP contribution < -0.4 is 5.73 Å². The largest absolute Gasteiger partial charge is 0.435 e. The molecule has 1 rings (SSSR count). The van der Waals surface area contributed by atoms with Crippen molar-refractivity contribution in [2.75, 3.05) is 5.73 Å². The molecule has 15 heteroatoms. The van der Waals surface area contributed by atoms with Gasteiger partial charge in [0.15, 0.2) is 0 Å². The second-order valence-electron chi connectivity index (χ2n) is 5.20. The van der Waals surface area contributed by atoms with Crippen molar-refractivity contribution in [2.45, 2.75) is 35.3 Å². The number of nitrogens with two attached hydrogens (primary N) is 1. The van der Waals surface area contributed by atoms with Crippen LogP contribution in [0.5, 0.6) is 0 Å². The van der Waals surface area contributed by atoms with Gasteiger partial charge in [-0.05, 0) is 35.0 Å². The summed E-state index contributed by atoms with van der Waals surface area (Å²) in [6.07, 6.45) is -13.5. The van der Waals surface area contributed by atoms with Gasteiger partial charge in [-0.2, -0.15) is 26.3 Å². The summed E-state index contributed by atoms with van der Waals surface area (Å²) in [5, 5.41) is 0. The first kappa shape index (κ1) is 23.0. The van der Waals surface area contributed by atoms with Gasteiger partial charge in [0.05, 0.1) is 5.69 Å². The molecule has 1 aromatic carbocycles. The van der Waals surface area contributed by atoms with Crippen LogP contribution in [0.2, 0.25) is 0 Å². The molecule has 0 aromatic heterocycles. The third-order valence-corrected chi connectivity index (χ3v) is 6.60. The summed E-state index contributed by atoms with van der Waals surface area (Å²) in [6, 6.07) is -1.45. The number of benzene rings is 1. The Hall–Kier alpha value is -0.990. The Morgan fingerprint density at radius 2 is 1.31 bits per heavy atom. The number of anilines is 1. The SMILES string of the molecule is CC(F)S(F)(F)(F)(F)c1cc(C(F)(C(F)(F)F)C(F)(F)F)cc(Br)c1N. The third kappa shape index (κ3) is 3.20. The maximum Gasteiger partial charge on any atom is 0.435 e. The zero-order chi connectivity index (χ0) is 21.2. The molecular weight excluding hydrogens is 486 g/mol. The molecule has 0 aliphatic rings. The zero-order valence-corrected chi connectivity index (χ0v) is 14.5. The fourth-order valence-electron chi connectivity index (χ4n) is 1.81. The molecule has 2 N–H and O–H groups in total. The lowest BCUT2D eigenvalue weighted by atomic mass is 9.94. The monoisotopic (exact) mass is 493 g/mol. The van der Waals surface area contributed by atoms with Crippen LogP contribution in [0.4, 0.5) is 56.4 Å². The number of nitrogen functional groups attached to an aromatic ring is 1. The van der Waals surface area contributed by atoms with Crippen molar-refractivity contribution in [2.24, 2.45) is 0 Å². The highest BCUT2D eigenvalue weighted by Gasteiger charge is 2.75. The maximum absolute atomic E-state index is 14.0. The Morgan fingerprint density at radius 3 is 1.62 bits per heavy atom. The molecule has 1 atom stereocenters. The van der Waals surface area contributed by atoms with Crippen LogP contribution in [-0.2, 0) is 5.67 Å². The van der Waals surface area contributed by atoms with Gasteiger partial charge in [0.25, 0.3) is 0 Å². The summed E-state index contributed by atoms with van der Waals surface area (Å²) in [6.45, 7) is -0.363. The molecule has 154 valence electrons. The maximum atomic E-state index is 14.0.